The highest BCUT2D eigenvalue weighted by Gasteiger charge is 2.07. The van der Waals surface area contributed by atoms with Gasteiger partial charge in [0, 0.05) is 5.56 Å². The second-order valence-electron chi connectivity index (χ2n) is 4.82. The minimum atomic E-state index is -0.263. The van der Waals surface area contributed by atoms with Gasteiger partial charge < -0.3 is 15.7 Å². The number of nitrogens with zero attached hydrogens (tertiary/aromatic N) is 1. The lowest BCUT2D eigenvalue weighted by Crippen LogP contribution is -2.13. The first-order valence-electron chi connectivity index (χ1n) is 6.47. The van der Waals surface area contributed by atoms with Gasteiger partial charge >= 0.3 is 0 Å². The zero-order chi connectivity index (χ0) is 15.4. The van der Waals surface area contributed by atoms with Crippen molar-refractivity contribution in [2.24, 2.45) is 10.9 Å². The lowest BCUT2D eigenvalue weighted by molar-refractivity contribution is 0.303. The van der Waals surface area contributed by atoms with Crippen molar-refractivity contribution in [3.8, 4) is 5.75 Å². The Hall–Kier alpha value is -2.56. The molecule has 3 N–H and O–H groups in total. The highest BCUT2D eigenvalue weighted by Crippen LogP contribution is 2.21. The van der Waals surface area contributed by atoms with Crippen LogP contribution in [0.4, 0.5) is 4.39 Å². The van der Waals surface area contributed by atoms with Crippen molar-refractivity contribution in [1.29, 1.82) is 0 Å². The summed E-state index contributed by atoms with van der Waals surface area (Å²) in [6.07, 6.45) is 0. The number of ether oxygens (including phenoxy) is 1. The van der Waals surface area contributed by atoms with Crippen LogP contribution in [0.1, 0.15) is 22.3 Å². The first-order chi connectivity index (χ1) is 10.0. The maximum absolute atomic E-state index is 13.1. The third-order valence-corrected chi connectivity index (χ3v) is 3.28. The predicted molar refractivity (Wildman–Crippen MR) is 79.2 cm³/mol. The largest absolute Gasteiger partial charge is 0.489 e. The van der Waals surface area contributed by atoms with Gasteiger partial charge in [0.15, 0.2) is 5.84 Å². The summed E-state index contributed by atoms with van der Waals surface area (Å²) in [4.78, 5) is 0. The van der Waals surface area contributed by atoms with Crippen LogP contribution >= 0.6 is 0 Å². The molecule has 0 radical (unpaired) electrons. The van der Waals surface area contributed by atoms with Gasteiger partial charge in [-0.05, 0) is 48.7 Å². The molecule has 0 aliphatic rings. The molecule has 0 heterocycles. The van der Waals surface area contributed by atoms with Gasteiger partial charge in [-0.1, -0.05) is 23.4 Å². The molecular formula is C16H17FN2O2. The van der Waals surface area contributed by atoms with E-state index in [4.69, 9.17) is 15.7 Å². The number of aryl methyl sites for hydroxylation is 2. The molecule has 5 heteroatoms. The molecule has 0 atom stereocenters. The molecule has 0 aliphatic carbocycles. The summed E-state index contributed by atoms with van der Waals surface area (Å²) in [5.74, 6) is 0.405. The van der Waals surface area contributed by atoms with Crippen LogP contribution in [0.15, 0.2) is 41.6 Å². The topological polar surface area (TPSA) is 67.8 Å². The van der Waals surface area contributed by atoms with Crippen molar-refractivity contribution in [1.82, 2.24) is 0 Å². The summed E-state index contributed by atoms with van der Waals surface area (Å²) < 4.78 is 18.8. The van der Waals surface area contributed by atoms with E-state index in [-0.39, 0.29) is 11.7 Å². The second-order valence-corrected chi connectivity index (χ2v) is 4.82. The first kappa shape index (κ1) is 14.8. The molecule has 4 nitrogen and oxygen atoms in total. The van der Waals surface area contributed by atoms with E-state index in [1.165, 1.54) is 12.1 Å². The van der Waals surface area contributed by atoms with E-state index >= 15 is 0 Å². The molecule has 2 aromatic rings. The molecule has 0 fully saturated rings. The van der Waals surface area contributed by atoms with Gasteiger partial charge in [-0.15, -0.1) is 0 Å². The SMILES string of the molecule is Cc1cc(F)ccc1COc1cc(/C(N)=N/O)ccc1C. The van der Waals surface area contributed by atoms with Crippen molar-refractivity contribution in [2.75, 3.05) is 0 Å². The molecule has 0 aromatic heterocycles. The minimum Gasteiger partial charge on any atom is -0.489 e. The maximum atomic E-state index is 13.1. The summed E-state index contributed by atoms with van der Waals surface area (Å²) in [6, 6.07) is 9.88. The van der Waals surface area contributed by atoms with Crippen LogP contribution in [0.25, 0.3) is 0 Å². The number of benzene rings is 2. The number of hydrogen-bond donors (Lipinski definition) is 2. The zero-order valence-electron chi connectivity index (χ0n) is 11.9. The Morgan fingerprint density at radius 2 is 1.95 bits per heavy atom. The maximum Gasteiger partial charge on any atom is 0.170 e. The lowest BCUT2D eigenvalue weighted by Gasteiger charge is -2.12. The van der Waals surface area contributed by atoms with Crippen LogP contribution < -0.4 is 10.5 Å². The van der Waals surface area contributed by atoms with E-state index in [0.717, 1.165) is 16.7 Å². The van der Waals surface area contributed by atoms with Gasteiger partial charge in [-0.2, -0.15) is 0 Å². The van der Waals surface area contributed by atoms with E-state index < -0.39 is 0 Å². The fraction of sp³-hybridized carbons (Fsp3) is 0.188. The Balaban J connectivity index is 2.19. The average molecular weight is 288 g/mol. The third-order valence-electron chi connectivity index (χ3n) is 3.28. The fourth-order valence-corrected chi connectivity index (χ4v) is 1.95. The van der Waals surface area contributed by atoms with Crippen LogP contribution in [0.3, 0.4) is 0 Å². The highest BCUT2D eigenvalue weighted by molar-refractivity contribution is 5.97. The van der Waals surface area contributed by atoms with Crippen molar-refractivity contribution in [3.63, 3.8) is 0 Å². The number of hydrogen-bond acceptors (Lipinski definition) is 3. The van der Waals surface area contributed by atoms with Crippen LogP contribution in [0, 0.1) is 19.7 Å². The lowest BCUT2D eigenvalue weighted by atomic mass is 10.1. The van der Waals surface area contributed by atoms with Crippen molar-refractivity contribution in [2.45, 2.75) is 20.5 Å². The normalized spacial score (nSPS) is 11.5. The summed E-state index contributed by atoms with van der Waals surface area (Å²) in [5, 5.41) is 11.7. The highest BCUT2D eigenvalue weighted by atomic mass is 19.1. The van der Waals surface area contributed by atoms with E-state index in [1.807, 2.05) is 19.9 Å². The average Bonchev–Trinajstić information content (AvgIpc) is 2.47. The summed E-state index contributed by atoms with van der Waals surface area (Å²) in [5.41, 5.74) is 8.82. The zero-order valence-corrected chi connectivity index (χ0v) is 11.9. The monoisotopic (exact) mass is 288 g/mol. The number of rotatable bonds is 4. The van der Waals surface area contributed by atoms with E-state index in [0.29, 0.717) is 17.9 Å². The van der Waals surface area contributed by atoms with Crippen LogP contribution in [0.5, 0.6) is 5.75 Å². The van der Waals surface area contributed by atoms with Gasteiger partial charge in [0.1, 0.15) is 18.2 Å². The molecule has 0 spiro atoms. The minimum absolute atomic E-state index is 0.0258. The standard InChI is InChI=1S/C16H17FN2O2/c1-10-3-4-12(16(18)19-20)8-15(10)21-9-13-5-6-14(17)7-11(13)2/h3-8,20H,9H2,1-2H3,(H2,18,19). The van der Waals surface area contributed by atoms with Gasteiger partial charge in [0.25, 0.3) is 0 Å². The molecule has 0 unspecified atom stereocenters. The molecule has 0 saturated heterocycles. The van der Waals surface area contributed by atoms with Crippen LogP contribution in [0.2, 0.25) is 0 Å². The molecule has 0 aliphatic heterocycles. The Kier molecular flexibility index (Phi) is 4.42. The molecule has 21 heavy (non-hydrogen) atoms. The molecule has 0 bridgehead atoms. The summed E-state index contributed by atoms with van der Waals surface area (Å²) in [7, 11) is 0. The van der Waals surface area contributed by atoms with Crippen molar-refractivity contribution >= 4 is 5.84 Å². The number of amidine groups is 1. The van der Waals surface area contributed by atoms with E-state index in [2.05, 4.69) is 5.16 Å². The number of nitrogens with two attached hydrogens (primary N) is 1. The fourth-order valence-electron chi connectivity index (χ4n) is 1.95. The van der Waals surface area contributed by atoms with Gasteiger partial charge in [-0.3, -0.25) is 0 Å². The molecule has 2 rings (SSSR count). The van der Waals surface area contributed by atoms with Gasteiger partial charge in [0.05, 0.1) is 0 Å². The number of oxime groups is 1. The number of halogens is 1. The molecule has 0 saturated carbocycles. The van der Waals surface area contributed by atoms with Gasteiger partial charge in [0.2, 0.25) is 0 Å². The summed E-state index contributed by atoms with van der Waals surface area (Å²) in [6.45, 7) is 4.07. The quantitative estimate of drug-likeness (QED) is 0.393. The smallest absolute Gasteiger partial charge is 0.170 e. The van der Waals surface area contributed by atoms with Crippen LogP contribution in [-0.2, 0) is 6.61 Å². The van der Waals surface area contributed by atoms with Gasteiger partial charge in [-0.25, -0.2) is 4.39 Å². The first-order valence-corrected chi connectivity index (χ1v) is 6.47. The Morgan fingerprint density at radius 3 is 2.62 bits per heavy atom. The molecule has 0 amide bonds. The Bertz CT molecular complexity index is 684. The Morgan fingerprint density at radius 1 is 1.19 bits per heavy atom. The third kappa shape index (κ3) is 3.51. The molecule has 110 valence electrons. The summed E-state index contributed by atoms with van der Waals surface area (Å²) >= 11 is 0. The molecule has 2 aromatic carbocycles. The van der Waals surface area contributed by atoms with E-state index in [1.54, 1.807) is 18.2 Å². The van der Waals surface area contributed by atoms with Crippen molar-refractivity contribution < 1.29 is 14.3 Å². The predicted octanol–water partition coefficient (Wildman–Crippen LogP) is 3.12. The molecular weight excluding hydrogens is 271 g/mol. The second kappa shape index (κ2) is 6.26. The van der Waals surface area contributed by atoms with Crippen LogP contribution in [-0.4, -0.2) is 11.0 Å². The van der Waals surface area contributed by atoms with Crippen molar-refractivity contribution in [3.05, 3.63) is 64.5 Å². The Labute approximate surface area is 122 Å². The van der Waals surface area contributed by atoms with E-state index in [9.17, 15) is 4.39 Å².